The minimum absolute atomic E-state index is 0.0341. The predicted octanol–water partition coefficient (Wildman–Crippen LogP) is 3.77. The fourth-order valence-electron chi connectivity index (χ4n) is 2.73. The van der Waals surface area contributed by atoms with E-state index < -0.39 is 9.84 Å². The van der Waals surface area contributed by atoms with Crippen LogP contribution in [0.15, 0.2) is 47.4 Å². The molecule has 0 saturated carbocycles. The maximum absolute atomic E-state index is 12.5. The summed E-state index contributed by atoms with van der Waals surface area (Å²) in [6.07, 6.45) is 1.46. The third kappa shape index (κ3) is 5.62. The van der Waals surface area contributed by atoms with E-state index in [0.29, 0.717) is 17.3 Å². The van der Waals surface area contributed by atoms with Crippen LogP contribution in [0.3, 0.4) is 0 Å². The van der Waals surface area contributed by atoms with Gasteiger partial charge < -0.3 is 15.0 Å². The van der Waals surface area contributed by atoms with Crippen LogP contribution in [0.1, 0.15) is 24.9 Å². The van der Waals surface area contributed by atoms with Gasteiger partial charge >= 0.3 is 0 Å². The third-order valence-electron chi connectivity index (χ3n) is 4.58. The number of carbonyl (C=O) groups is 1. The Morgan fingerprint density at radius 2 is 1.86 bits per heavy atom. The first-order chi connectivity index (χ1) is 13.1. The predicted molar refractivity (Wildman–Crippen MR) is 112 cm³/mol. The summed E-state index contributed by atoms with van der Waals surface area (Å²) in [4.78, 5) is 14.4. The van der Waals surface area contributed by atoms with E-state index in [1.807, 2.05) is 6.92 Å². The molecule has 0 fully saturated rings. The summed E-state index contributed by atoms with van der Waals surface area (Å²) < 4.78 is 28.4. The summed E-state index contributed by atoms with van der Waals surface area (Å²) >= 11 is 6.01. The van der Waals surface area contributed by atoms with Crippen molar-refractivity contribution in [3.05, 3.63) is 53.1 Å². The van der Waals surface area contributed by atoms with Gasteiger partial charge in [0.15, 0.2) is 9.84 Å². The van der Waals surface area contributed by atoms with Crippen molar-refractivity contribution in [2.45, 2.75) is 24.3 Å². The molecule has 6 nitrogen and oxygen atoms in total. The number of carbonyl (C=O) groups excluding carboxylic acids is 1. The Kier molecular flexibility index (Phi) is 7.32. The lowest BCUT2D eigenvalue weighted by atomic mass is 10.1. The van der Waals surface area contributed by atoms with Gasteiger partial charge in [-0.3, -0.25) is 4.79 Å². The molecule has 28 heavy (non-hydrogen) atoms. The number of nitrogens with zero attached hydrogens (tertiary/aromatic N) is 1. The van der Waals surface area contributed by atoms with Crippen LogP contribution in [0.25, 0.3) is 0 Å². The Bertz CT molecular complexity index is 930. The van der Waals surface area contributed by atoms with E-state index in [0.717, 1.165) is 11.3 Å². The SMILES string of the molecule is COc1ccc(Cl)cc1NCCC(=O)N(C)C(C)c1ccc(S(C)(=O)=O)cc1. The van der Waals surface area contributed by atoms with Gasteiger partial charge in [-0.05, 0) is 42.8 Å². The molecule has 0 bridgehead atoms. The number of rotatable bonds is 8. The van der Waals surface area contributed by atoms with E-state index in [-0.39, 0.29) is 23.3 Å². The first-order valence-electron chi connectivity index (χ1n) is 8.76. The molecule has 2 rings (SSSR count). The monoisotopic (exact) mass is 424 g/mol. The Morgan fingerprint density at radius 1 is 1.21 bits per heavy atom. The lowest BCUT2D eigenvalue weighted by Gasteiger charge is -2.26. The van der Waals surface area contributed by atoms with Gasteiger partial charge in [-0.1, -0.05) is 23.7 Å². The Hall–Kier alpha value is -2.25. The molecule has 0 saturated heterocycles. The molecule has 8 heteroatoms. The van der Waals surface area contributed by atoms with Crippen molar-refractivity contribution in [2.24, 2.45) is 0 Å². The molecule has 1 unspecified atom stereocenters. The number of hydrogen-bond acceptors (Lipinski definition) is 5. The van der Waals surface area contributed by atoms with E-state index in [1.54, 1.807) is 61.5 Å². The van der Waals surface area contributed by atoms with E-state index >= 15 is 0 Å². The lowest BCUT2D eigenvalue weighted by molar-refractivity contribution is -0.131. The number of amides is 1. The quantitative estimate of drug-likeness (QED) is 0.698. The van der Waals surface area contributed by atoms with Crippen LogP contribution in [0.2, 0.25) is 5.02 Å². The van der Waals surface area contributed by atoms with E-state index in [9.17, 15) is 13.2 Å². The molecular weight excluding hydrogens is 400 g/mol. The van der Waals surface area contributed by atoms with Gasteiger partial charge in [-0.2, -0.15) is 0 Å². The maximum Gasteiger partial charge on any atom is 0.224 e. The molecule has 0 aliphatic carbocycles. The zero-order valence-electron chi connectivity index (χ0n) is 16.4. The summed E-state index contributed by atoms with van der Waals surface area (Å²) in [6.45, 7) is 2.33. The summed E-state index contributed by atoms with van der Waals surface area (Å²) in [7, 11) is 0.0695. The minimum atomic E-state index is -3.24. The molecule has 0 radical (unpaired) electrons. The Morgan fingerprint density at radius 3 is 2.43 bits per heavy atom. The largest absolute Gasteiger partial charge is 0.495 e. The number of halogens is 1. The fourth-order valence-corrected chi connectivity index (χ4v) is 3.53. The van der Waals surface area contributed by atoms with Crippen LogP contribution < -0.4 is 10.1 Å². The standard InChI is InChI=1S/C20H25ClN2O4S/c1-14(15-5-8-17(9-6-15)28(4,25)26)23(2)20(24)11-12-22-18-13-16(21)7-10-19(18)27-3/h5-10,13-14,22H,11-12H2,1-4H3. The first-order valence-corrected chi connectivity index (χ1v) is 11.0. The van der Waals surface area contributed by atoms with Gasteiger partial charge in [-0.15, -0.1) is 0 Å². The fraction of sp³-hybridized carbons (Fsp3) is 0.350. The van der Waals surface area contributed by atoms with Crippen LogP contribution in [-0.4, -0.2) is 46.2 Å². The molecule has 0 aliphatic rings. The summed E-state index contributed by atoms with van der Waals surface area (Å²) in [6, 6.07) is 11.7. The van der Waals surface area contributed by atoms with E-state index in [4.69, 9.17) is 16.3 Å². The zero-order valence-corrected chi connectivity index (χ0v) is 18.0. The van der Waals surface area contributed by atoms with Crippen LogP contribution in [0.4, 0.5) is 5.69 Å². The molecule has 1 N–H and O–H groups in total. The number of nitrogens with one attached hydrogen (secondary N) is 1. The highest BCUT2D eigenvalue weighted by atomic mass is 35.5. The molecule has 0 heterocycles. The van der Waals surface area contributed by atoms with Crippen LogP contribution in [0, 0.1) is 0 Å². The van der Waals surface area contributed by atoms with Gasteiger partial charge in [0.05, 0.1) is 23.7 Å². The highest BCUT2D eigenvalue weighted by Crippen LogP contribution is 2.27. The normalized spacial score (nSPS) is 12.3. The zero-order chi connectivity index (χ0) is 20.9. The second-order valence-corrected chi connectivity index (χ2v) is 9.00. The van der Waals surface area contributed by atoms with Crippen molar-refractivity contribution >= 4 is 33.0 Å². The molecule has 2 aromatic carbocycles. The van der Waals surface area contributed by atoms with Crippen molar-refractivity contribution in [3.63, 3.8) is 0 Å². The van der Waals surface area contributed by atoms with Crippen molar-refractivity contribution in [1.29, 1.82) is 0 Å². The van der Waals surface area contributed by atoms with Gasteiger partial charge in [0.2, 0.25) is 5.91 Å². The van der Waals surface area contributed by atoms with E-state index in [2.05, 4.69) is 5.32 Å². The van der Waals surface area contributed by atoms with Gasteiger partial charge in [0, 0.05) is 31.3 Å². The second-order valence-electron chi connectivity index (χ2n) is 6.54. The highest BCUT2D eigenvalue weighted by Gasteiger charge is 2.18. The molecule has 2 aromatic rings. The number of ether oxygens (including phenoxy) is 1. The van der Waals surface area contributed by atoms with Crippen molar-refractivity contribution in [3.8, 4) is 5.75 Å². The van der Waals surface area contributed by atoms with Crippen molar-refractivity contribution in [2.75, 3.05) is 32.3 Å². The lowest BCUT2D eigenvalue weighted by Crippen LogP contribution is -2.30. The summed E-state index contributed by atoms with van der Waals surface area (Å²) in [5.41, 5.74) is 1.60. The molecule has 1 amide bonds. The maximum atomic E-state index is 12.5. The number of benzene rings is 2. The van der Waals surface area contributed by atoms with Crippen LogP contribution in [-0.2, 0) is 14.6 Å². The van der Waals surface area contributed by atoms with Gasteiger partial charge in [0.25, 0.3) is 0 Å². The van der Waals surface area contributed by atoms with Crippen molar-refractivity contribution in [1.82, 2.24) is 4.90 Å². The summed E-state index contributed by atoms with van der Waals surface area (Å²) in [5, 5.41) is 3.75. The van der Waals surface area contributed by atoms with E-state index in [1.165, 1.54) is 6.26 Å². The molecule has 0 aromatic heterocycles. The van der Waals surface area contributed by atoms with Crippen LogP contribution in [0.5, 0.6) is 5.75 Å². The highest BCUT2D eigenvalue weighted by molar-refractivity contribution is 7.90. The summed E-state index contributed by atoms with van der Waals surface area (Å²) in [5.74, 6) is 0.623. The Labute approximate surface area is 171 Å². The third-order valence-corrected chi connectivity index (χ3v) is 5.94. The molecule has 0 spiro atoms. The van der Waals surface area contributed by atoms with Gasteiger partial charge in [0.1, 0.15) is 5.75 Å². The molecule has 1 atom stereocenters. The number of methoxy groups -OCH3 is 1. The van der Waals surface area contributed by atoms with Gasteiger partial charge in [-0.25, -0.2) is 8.42 Å². The second kappa shape index (κ2) is 9.30. The molecular formula is C20H25ClN2O4S. The first kappa shape index (κ1) is 22.0. The Balaban J connectivity index is 1.96. The number of anilines is 1. The average molecular weight is 425 g/mol. The van der Waals surface area contributed by atoms with Crippen LogP contribution >= 0.6 is 11.6 Å². The number of hydrogen-bond donors (Lipinski definition) is 1. The number of sulfone groups is 1. The molecule has 152 valence electrons. The average Bonchev–Trinajstić information content (AvgIpc) is 2.66. The smallest absolute Gasteiger partial charge is 0.224 e. The molecule has 0 aliphatic heterocycles. The van der Waals surface area contributed by atoms with Crippen molar-refractivity contribution < 1.29 is 17.9 Å². The minimum Gasteiger partial charge on any atom is -0.495 e. The topological polar surface area (TPSA) is 75.7 Å².